The molecular formula is C12H10Br4O4. The first-order valence-corrected chi connectivity index (χ1v) is 9.03. The number of carbonyl (C=O) groups is 2. The first kappa shape index (κ1) is 18.1. The van der Waals surface area contributed by atoms with Gasteiger partial charge in [0.05, 0.1) is 9.65 Å². The maximum absolute atomic E-state index is 10.9. The fourth-order valence-electron chi connectivity index (χ4n) is 1.45. The lowest BCUT2D eigenvalue weighted by atomic mass is 10.0. The van der Waals surface area contributed by atoms with E-state index >= 15 is 0 Å². The molecule has 8 heteroatoms. The van der Waals surface area contributed by atoms with Crippen molar-refractivity contribution in [2.45, 2.75) is 19.3 Å². The number of rotatable bonds is 6. The van der Waals surface area contributed by atoms with Crippen LogP contribution in [-0.4, -0.2) is 31.8 Å². The Balaban J connectivity index is 2.89. The Morgan fingerprint density at radius 1 is 0.750 bits per heavy atom. The zero-order valence-electron chi connectivity index (χ0n) is 9.84. The van der Waals surface area contributed by atoms with Gasteiger partial charge in [0.25, 0.3) is 0 Å². The lowest BCUT2D eigenvalue weighted by Crippen LogP contribution is -2.19. The van der Waals surface area contributed by atoms with Gasteiger partial charge in [-0.3, -0.25) is 9.59 Å². The molecule has 0 unspecified atom stereocenters. The van der Waals surface area contributed by atoms with Crippen molar-refractivity contribution in [2.24, 2.45) is 0 Å². The van der Waals surface area contributed by atoms with Gasteiger partial charge >= 0.3 is 11.9 Å². The fraction of sp³-hybridized carbons (Fsp3) is 0.333. The number of alkyl halides is 4. The summed E-state index contributed by atoms with van der Waals surface area (Å²) in [6.07, 6.45) is 0. The largest absolute Gasteiger partial charge is 0.480 e. The first-order chi connectivity index (χ1) is 9.25. The monoisotopic (exact) mass is 534 g/mol. The van der Waals surface area contributed by atoms with Crippen LogP contribution in [0.25, 0.3) is 0 Å². The van der Waals surface area contributed by atoms with Gasteiger partial charge < -0.3 is 10.2 Å². The summed E-state index contributed by atoms with van der Waals surface area (Å²) in [5.74, 6) is -1.92. The summed E-state index contributed by atoms with van der Waals surface area (Å²) in [4.78, 5) is 19.6. The number of hydrogen-bond acceptors (Lipinski definition) is 2. The summed E-state index contributed by atoms with van der Waals surface area (Å²) >= 11 is 12.8. The summed E-state index contributed by atoms with van der Waals surface area (Å²) in [7, 11) is 0. The average Bonchev–Trinajstić information content (AvgIpc) is 2.44. The summed E-state index contributed by atoms with van der Waals surface area (Å²) in [6.45, 7) is 0. The van der Waals surface area contributed by atoms with E-state index < -0.39 is 21.6 Å². The Morgan fingerprint density at radius 2 is 1.00 bits per heavy atom. The average molecular weight is 538 g/mol. The summed E-state index contributed by atoms with van der Waals surface area (Å²) < 4.78 is 0. The van der Waals surface area contributed by atoms with Gasteiger partial charge in [0.15, 0.2) is 0 Å². The standard InChI is InChI=1S/C12H10Br4O4/c13-7(9(15)11(17)18)5-1-2-6(4-3-5)8(14)10(16)12(19)20/h1-4,7-10H,(H,17,18)(H,19,20)/t7-,8+,9-,10+. The highest BCUT2D eigenvalue weighted by molar-refractivity contribution is 9.12. The van der Waals surface area contributed by atoms with E-state index in [2.05, 4.69) is 63.7 Å². The van der Waals surface area contributed by atoms with Crippen LogP contribution in [0.1, 0.15) is 20.8 Å². The number of aliphatic carboxylic acids is 2. The predicted octanol–water partition coefficient (Wildman–Crippen LogP) is 4.25. The summed E-state index contributed by atoms with van der Waals surface area (Å²) in [5.41, 5.74) is 1.58. The molecule has 0 saturated carbocycles. The van der Waals surface area contributed by atoms with Crippen LogP contribution in [0.5, 0.6) is 0 Å². The SMILES string of the molecule is O=C(O)[C@@H](Br)[C@@H](Br)c1ccc([C@@H](Br)[C@@H](Br)C(=O)O)cc1. The van der Waals surface area contributed by atoms with E-state index in [1.807, 2.05) is 0 Å². The molecule has 0 aliphatic carbocycles. The van der Waals surface area contributed by atoms with Gasteiger partial charge in [-0.15, -0.1) is 0 Å². The zero-order valence-corrected chi connectivity index (χ0v) is 16.2. The van der Waals surface area contributed by atoms with E-state index in [0.29, 0.717) is 0 Å². The van der Waals surface area contributed by atoms with Crippen molar-refractivity contribution < 1.29 is 19.8 Å². The van der Waals surface area contributed by atoms with Crippen LogP contribution in [0.2, 0.25) is 0 Å². The third kappa shape index (κ3) is 4.54. The molecular weight excluding hydrogens is 528 g/mol. The van der Waals surface area contributed by atoms with Gasteiger partial charge in [-0.05, 0) is 11.1 Å². The lowest BCUT2D eigenvalue weighted by molar-refractivity contribution is -0.137. The number of carboxylic acid groups (broad SMARTS) is 2. The van der Waals surface area contributed by atoms with E-state index in [1.54, 1.807) is 24.3 Å². The molecule has 20 heavy (non-hydrogen) atoms. The molecule has 0 bridgehead atoms. The molecule has 0 aliphatic rings. The molecule has 110 valence electrons. The molecule has 2 N–H and O–H groups in total. The maximum Gasteiger partial charge on any atom is 0.318 e. The van der Waals surface area contributed by atoms with Crippen LogP contribution >= 0.6 is 63.7 Å². The number of carboxylic acids is 2. The van der Waals surface area contributed by atoms with Crippen LogP contribution in [-0.2, 0) is 9.59 Å². The quantitative estimate of drug-likeness (QED) is 0.532. The zero-order chi connectivity index (χ0) is 15.4. The van der Waals surface area contributed by atoms with E-state index in [9.17, 15) is 9.59 Å². The van der Waals surface area contributed by atoms with Gasteiger partial charge in [0.2, 0.25) is 0 Å². The van der Waals surface area contributed by atoms with Gasteiger partial charge in [-0.25, -0.2) is 0 Å². The summed E-state index contributed by atoms with van der Waals surface area (Å²) in [5, 5.41) is 17.9. The Labute approximate surface area is 149 Å². The van der Waals surface area contributed by atoms with Crippen LogP contribution in [0.15, 0.2) is 24.3 Å². The fourth-order valence-corrected chi connectivity index (χ4v) is 3.13. The normalized spacial score (nSPS) is 17.0. The third-order valence-electron chi connectivity index (χ3n) is 2.56. The number of halogens is 4. The minimum atomic E-state index is -0.958. The predicted molar refractivity (Wildman–Crippen MR) is 90.5 cm³/mol. The van der Waals surface area contributed by atoms with Crippen molar-refractivity contribution in [3.05, 3.63) is 35.4 Å². The van der Waals surface area contributed by atoms with Crippen molar-refractivity contribution in [3.63, 3.8) is 0 Å². The van der Waals surface area contributed by atoms with Crippen molar-refractivity contribution in [2.75, 3.05) is 0 Å². The third-order valence-corrected chi connectivity index (χ3v) is 7.93. The van der Waals surface area contributed by atoms with E-state index in [4.69, 9.17) is 10.2 Å². The highest BCUT2D eigenvalue weighted by atomic mass is 79.9. The molecule has 0 heterocycles. The topological polar surface area (TPSA) is 74.6 Å². The van der Waals surface area contributed by atoms with Crippen LogP contribution < -0.4 is 0 Å². The Kier molecular flexibility index (Phi) is 7.17. The first-order valence-electron chi connectivity index (χ1n) is 5.37. The Hall–Kier alpha value is 0.0800. The highest BCUT2D eigenvalue weighted by Gasteiger charge is 2.26. The molecule has 0 amide bonds. The smallest absolute Gasteiger partial charge is 0.318 e. The second-order valence-corrected chi connectivity index (χ2v) is 7.90. The molecule has 1 aromatic carbocycles. The van der Waals surface area contributed by atoms with Gasteiger partial charge in [0, 0.05) is 0 Å². The van der Waals surface area contributed by atoms with Crippen molar-refractivity contribution in [3.8, 4) is 0 Å². The van der Waals surface area contributed by atoms with Crippen molar-refractivity contribution in [1.29, 1.82) is 0 Å². The maximum atomic E-state index is 10.9. The van der Waals surface area contributed by atoms with Gasteiger partial charge in [0.1, 0.15) is 9.65 Å². The molecule has 0 radical (unpaired) electrons. The molecule has 0 fully saturated rings. The molecule has 1 aromatic rings. The Morgan fingerprint density at radius 3 is 1.20 bits per heavy atom. The molecule has 0 aromatic heterocycles. The van der Waals surface area contributed by atoms with E-state index in [1.165, 1.54) is 0 Å². The molecule has 4 atom stereocenters. The summed E-state index contributed by atoms with van der Waals surface area (Å²) in [6, 6.07) is 7.06. The molecule has 0 saturated heterocycles. The van der Waals surface area contributed by atoms with Crippen LogP contribution in [0.4, 0.5) is 0 Å². The second-order valence-electron chi connectivity index (χ2n) is 3.95. The van der Waals surface area contributed by atoms with E-state index in [-0.39, 0.29) is 9.65 Å². The Bertz CT molecular complexity index is 446. The number of benzene rings is 1. The molecule has 0 aliphatic heterocycles. The second kappa shape index (κ2) is 7.91. The lowest BCUT2D eigenvalue weighted by Gasteiger charge is -2.16. The van der Waals surface area contributed by atoms with Gasteiger partial charge in [-0.2, -0.15) is 0 Å². The van der Waals surface area contributed by atoms with Crippen LogP contribution in [0.3, 0.4) is 0 Å². The van der Waals surface area contributed by atoms with Crippen LogP contribution in [0, 0.1) is 0 Å². The van der Waals surface area contributed by atoms with E-state index in [0.717, 1.165) is 11.1 Å². The minimum Gasteiger partial charge on any atom is -0.480 e. The number of hydrogen-bond donors (Lipinski definition) is 2. The minimum absolute atomic E-state index is 0.373. The molecule has 4 nitrogen and oxygen atoms in total. The van der Waals surface area contributed by atoms with Crippen molar-refractivity contribution >= 4 is 75.7 Å². The molecule has 0 spiro atoms. The molecule has 1 rings (SSSR count). The van der Waals surface area contributed by atoms with Crippen molar-refractivity contribution in [1.82, 2.24) is 0 Å². The van der Waals surface area contributed by atoms with Gasteiger partial charge in [-0.1, -0.05) is 88.0 Å². The highest BCUT2D eigenvalue weighted by Crippen LogP contribution is 2.35.